The summed E-state index contributed by atoms with van der Waals surface area (Å²) in [6.45, 7) is 3.93. The number of benzene rings is 2. The van der Waals surface area contributed by atoms with E-state index in [1.165, 1.54) is 33.3 Å². The number of carbonyl (C=O) groups is 1. The molecule has 1 aromatic heterocycles. The second-order valence-corrected chi connectivity index (χ2v) is 11.8. The van der Waals surface area contributed by atoms with Gasteiger partial charge in [-0.2, -0.15) is 21.1 Å². The Bertz CT molecular complexity index is 1290. The molecule has 0 bridgehead atoms. The van der Waals surface area contributed by atoms with Gasteiger partial charge in [-0.25, -0.2) is 8.42 Å². The molecule has 0 unspecified atom stereocenters. The Morgan fingerprint density at radius 3 is 2.50 bits per heavy atom. The van der Waals surface area contributed by atoms with Gasteiger partial charge in [0.2, 0.25) is 10.0 Å². The van der Waals surface area contributed by atoms with E-state index >= 15 is 0 Å². The smallest absolute Gasteiger partial charge is 0.279 e. The second-order valence-electron chi connectivity index (χ2n) is 7.91. The molecule has 0 spiro atoms. The molecule has 2 aromatic carbocycles. The molecule has 0 saturated carbocycles. The van der Waals surface area contributed by atoms with Crippen molar-refractivity contribution in [1.29, 1.82) is 0 Å². The number of hydrogen-bond acceptors (Lipinski definition) is 5. The number of carbonyl (C=O) groups excluding carboxylic acids is 1. The molecular weight excluding hydrogens is 462 g/mol. The van der Waals surface area contributed by atoms with Crippen molar-refractivity contribution < 1.29 is 13.2 Å². The minimum absolute atomic E-state index is 0.225. The molecule has 0 atom stereocenters. The SMILES string of the molecule is CSCCn1c(=NC(=O)c2ccc(S(=O)(=O)N3CCCCC3)cc2)sc2cc(C)ccc21. The van der Waals surface area contributed by atoms with Crippen molar-refractivity contribution in [3.05, 3.63) is 58.4 Å². The molecule has 1 amide bonds. The van der Waals surface area contributed by atoms with E-state index < -0.39 is 10.0 Å². The standard InChI is InChI=1S/C23H27N3O3S3/c1-17-6-11-20-21(16-17)31-23(26(20)14-15-30-2)24-22(27)18-7-9-19(10-8-18)32(28,29)25-12-4-3-5-13-25/h6-11,16H,3-5,12-15H2,1-2H3. The third-order valence-corrected chi connectivity index (χ3v) is 9.15. The van der Waals surface area contributed by atoms with Crippen LogP contribution in [0.4, 0.5) is 0 Å². The summed E-state index contributed by atoms with van der Waals surface area (Å²) in [5.41, 5.74) is 2.62. The summed E-state index contributed by atoms with van der Waals surface area (Å²) in [7, 11) is -3.51. The maximum atomic E-state index is 12.9. The Balaban J connectivity index is 1.64. The number of thiazole rings is 1. The van der Waals surface area contributed by atoms with Crippen molar-refractivity contribution in [2.45, 2.75) is 37.6 Å². The highest BCUT2D eigenvalue weighted by Gasteiger charge is 2.26. The molecular formula is C23H27N3O3S3. The average Bonchev–Trinajstić information content (AvgIpc) is 3.14. The molecule has 0 aliphatic carbocycles. The molecule has 1 saturated heterocycles. The van der Waals surface area contributed by atoms with Gasteiger partial charge in [0.1, 0.15) is 0 Å². The minimum atomic E-state index is -3.51. The van der Waals surface area contributed by atoms with E-state index in [1.54, 1.807) is 23.9 Å². The Morgan fingerprint density at radius 2 is 1.81 bits per heavy atom. The number of nitrogens with zero attached hydrogens (tertiary/aromatic N) is 3. The summed E-state index contributed by atoms with van der Waals surface area (Å²) >= 11 is 3.25. The molecule has 170 valence electrons. The molecule has 1 aliphatic heterocycles. The molecule has 32 heavy (non-hydrogen) atoms. The number of thioether (sulfide) groups is 1. The molecule has 3 aromatic rings. The molecule has 0 radical (unpaired) electrons. The highest BCUT2D eigenvalue weighted by molar-refractivity contribution is 7.98. The van der Waals surface area contributed by atoms with Crippen molar-refractivity contribution >= 4 is 49.2 Å². The lowest BCUT2D eigenvalue weighted by Gasteiger charge is -2.25. The van der Waals surface area contributed by atoms with E-state index in [1.807, 2.05) is 6.92 Å². The Labute approximate surface area is 197 Å². The van der Waals surface area contributed by atoms with Crippen LogP contribution in [0.3, 0.4) is 0 Å². The fraction of sp³-hybridized carbons (Fsp3) is 0.391. The lowest BCUT2D eigenvalue weighted by atomic mass is 10.2. The van der Waals surface area contributed by atoms with Crippen molar-refractivity contribution in [3.8, 4) is 0 Å². The summed E-state index contributed by atoms with van der Waals surface area (Å²) in [4.78, 5) is 18.2. The third-order valence-electron chi connectivity index (χ3n) is 5.61. The van der Waals surface area contributed by atoms with E-state index in [4.69, 9.17) is 0 Å². The van der Waals surface area contributed by atoms with Crippen molar-refractivity contribution in [2.75, 3.05) is 25.1 Å². The molecule has 4 rings (SSSR count). The molecule has 1 aliphatic rings. The predicted octanol–water partition coefficient (Wildman–Crippen LogP) is 4.29. The Kier molecular flexibility index (Phi) is 7.19. The quantitative estimate of drug-likeness (QED) is 0.518. The van der Waals surface area contributed by atoms with Gasteiger partial charge in [-0.15, -0.1) is 0 Å². The second kappa shape index (κ2) is 9.91. The Morgan fingerprint density at radius 1 is 1.09 bits per heavy atom. The summed E-state index contributed by atoms with van der Waals surface area (Å²) in [5, 5.41) is 0. The summed E-state index contributed by atoms with van der Waals surface area (Å²) in [5.74, 6) is 0.553. The van der Waals surface area contributed by atoms with Gasteiger partial charge in [0.05, 0.1) is 15.1 Å². The van der Waals surface area contributed by atoms with E-state index in [9.17, 15) is 13.2 Å². The van der Waals surface area contributed by atoms with Crippen LogP contribution in [0.15, 0.2) is 52.4 Å². The van der Waals surface area contributed by atoms with Gasteiger partial charge in [0, 0.05) is 31.0 Å². The molecule has 1 fully saturated rings. The first-order chi connectivity index (χ1) is 15.4. The molecule has 2 heterocycles. The molecule has 0 N–H and O–H groups in total. The van der Waals surface area contributed by atoms with Gasteiger partial charge in [-0.1, -0.05) is 23.8 Å². The van der Waals surface area contributed by atoms with E-state index in [2.05, 4.69) is 34.0 Å². The molecule has 6 nitrogen and oxygen atoms in total. The number of sulfonamides is 1. The van der Waals surface area contributed by atoms with Crippen LogP contribution >= 0.6 is 23.1 Å². The zero-order valence-corrected chi connectivity index (χ0v) is 20.7. The van der Waals surface area contributed by atoms with E-state index in [0.717, 1.165) is 41.8 Å². The largest absolute Gasteiger partial charge is 0.316 e. The zero-order valence-electron chi connectivity index (χ0n) is 18.3. The van der Waals surface area contributed by atoms with Crippen LogP contribution in [0.5, 0.6) is 0 Å². The van der Waals surface area contributed by atoms with Gasteiger partial charge in [0.15, 0.2) is 4.80 Å². The van der Waals surface area contributed by atoms with Crippen LogP contribution in [0.2, 0.25) is 0 Å². The lowest BCUT2D eigenvalue weighted by Crippen LogP contribution is -2.35. The third kappa shape index (κ3) is 4.85. The van der Waals surface area contributed by atoms with E-state index in [-0.39, 0.29) is 10.8 Å². The zero-order chi connectivity index (χ0) is 22.7. The number of rotatable bonds is 6. The average molecular weight is 490 g/mol. The fourth-order valence-corrected chi connectivity index (χ4v) is 6.87. The summed E-state index contributed by atoms with van der Waals surface area (Å²) in [6, 6.07) is 12.4. The predicted molar refractivity (Wildman–Crippen MR) is 132 cm³/mol. The van der Waals surface area contributed by atoms with Gasteiger partial charge in [-0.3, -0.25) is 4.79 Å². The van der Waals surface area contributed by atoms with Crippen LogP contribution < -0.4 is 4.80 Å². The number of aryl methyl sites for hydroxylation is 2. The van der Waals surface area contributed by atoms with Gasteiger partial charge < -0.3 is 4.57 Å². The van der Waals surface area contributed by atoms with Crippen molar-refractivity contribution in [2.24, 2.45) is 4.99 Å². The highest BCUT2D eigenvalue weighted by Crippen LogP contribution is 2.22. The summed E-state index contributed by atoms with van der Waals surface area (Å²) in [6.07, 6.45) is 4.90. The number of amides is 1. The first-order valence-corrected chi connectivity index (χ1v) is 14.3. The van der Waals surface area contributed by atoms with Crippen LogP contribution in [0.1, 0.15) is 35.2 Å². The summed E-state index contributed by atoms with van der Waals surface area (Å²) < 4.78 is 30.4. The van der Waals surface area contributed by atoms with Gasteiger partial charge >= 0.3 is 0 Å². The molecule has 9 heteroatoms. The van der Waals surface area contributed by atoms with Crippen molar-refractivity contribution in [3.63, 3.8) is 0 Å². The monoisotopic (exact) mass is 489 g/mol. The highest BCUT2D eigenvalue weighted by atomic mass is 32.2. The van der Waals surface area contributed by atoms with Crippen LogP contribution in [-0.4, -0.2) is 48.3 Å². The maximum absolute atomic E-state index is 12.9. The number of fused-ring (bicyclic) bond motifs is 1. The number of piperidine rings is 1. The maximum Gasteiger partial charge on any atom is 0.279 e. The minimum Gasteiger partial charge on any atom is -0.316 e. The van der Waals surface area contributed by atoms with Gasteiger partial charge in [0.25, 0.3) is 5.91 Å². The van der Waals surface area contributed by atoms with E-state index in [0.29, 0.717) is 23.5 Å². The lowest BCUT2D eigenvalue weighted by molar-refractivity contribution is 0.0997. The first-order valence-electron chi connectivity index (χ1n) is 10.7. The van der Waals surface area contributed by atoms with Crippen LogP contribution in [0, 0.1) is 6.92 Å². The number of aromatic nitrogens is 1. The van der Waals surface area contributed by atoms with Crippen molar-refractivity contribution in [1.82, 2.24) is 8.87 Å². The normalized spacial score (nSPS) is 16.0. The fourth-order valence-electron chi connectivity index (χ4n) is 3.84. The Hall–Kier alpha value is -1.94. The van der Waals surface area contributed by atoms with Crippen LogP contribution in [0.25, 0.3) is 10.2 Å². The first kappa shape index (κ1) is 23.2. The van der Waals surface area contributed by atoms with Gasteiger partial charge in [-0.05, 0) is 68.0 Å². The van der Waals surface area contributed by atoms with Crippen LogP contribution in [-0.2, 0) is 16.6 Å². The topological polar surface area (TPSA) is 71.7 Å². The number of hydrogen-bond donors (Lipinski definition) is 0.